The van der Waals surface area contributed by atoms with E-state index in [4.69, 9.17) is 0 Å². The lowest BCUT2D eigenvalue weighted by Gasteiger charge is -2.36. The topological polar surface area (TPSA) is 86.3 Å². The second-order valence-electron chi connectivity index (χ2n) is 9.60. The summed E-state index contributed by atoms with van der Waals surface area (Å²) < 4.78 is 29.2. The van der Waals surface area contributed by atoms with E-state index < -0.39 is 11.5 Å². The molecule has 4 rings (SSSR count). The Balaban J connectivity index is 1.77. The summed E-state index contributed by atoms with van der Waals surface area (Å²) in [5, 5.41) is 9.44. The van der Waals surface area contributed by atoms with Crippen LogP contribution in [0.15, 0.2) is 36.5 Å². The molecule has 0 aliphatic carbocycles. The molecular weight excluding hydrogens is 464 g/mol. The number of hydrogen-bond donors (Lipinski definition) is 2. The van der Waals surface area contributed by atoms with Gasteiger partial charge in [0.1, 0.15) is 17.2 Å². The molecule has 3 heterocycles. The van der Waals surface area contributed by atoms with Gasteiger partial charge in [-0.2, -0.15) is 4.98 Å². The highest BCUT2D eigenvalue weighted by atomic mass is 19.1. The van der Waals surface area contributed by atoms with Crippen LogP contribution < -0.4 is 15.6 Å². The molecule has 10 heteroatoms. The van der Waals surface area contributed by atoms with Gasteiger partial charge < -0.3 is 10.6 Å². The van der Waals surface area contributed by atoms with Crippen molar-refractivity contribution in [1.82, 2.24) is 25.3 Å². The largest absolute Gasteiger partial charge is 0.324 e. The first-order valence-corrected chi connectivity index (χ1v) is 11.9. The number of nitrogens with one attached hydrogen (secondary N) is 2. The van der Waals surface area contributed by atoms with Crippen molar-refractivity contribution in [3.05, 3.63) is 64.7 Å². The van der Waals surface area contributed by atoms with Gasteiger partial charge in [-0.05, 0) is 83.0 Å². The molecule has 1 aliphatic rings. The lowest BCUT2D eigenvalue weighted by atomic mass is 10.0. The summed E-state index contributed by atoms with van der Waals surface area (Å²) in [4.78, 5) is 25.5. The molecule has 1 amide bonds. The van der Waals surface area contributed by atoms with Crippen LogP contribution >= 0.6 is 0 Å². The van der Waals surface area contributed by atoms with Crippen LogP contribution in [-0.2, 0) is 23.4 Å². The van der Waals surface area contributed by atoms with Crippen LogP contribution in [0.1, 0.15) is 50.1 Å². The Bertz CT molecular complexity index is 1260. The van der Waals surface area contributed by atoms with Crippen molar-refractivity contribution in [3.63, 3.8) is 0 Å². The molecule has 0 atom stereocenters. The van der Waals surface area contributed by atoms with Crippen LogP contribution in [0.5, 0.6) is 0 Å². The maximum absolute atomic E-state index is 14.7. The van der Waals surface area contributed by atoms with Crippen molar-refractivity contribution < 1.29 is 13.6 Å². The number of amides is 1. The molecule has 36 heavy (non-hydrogen) atoms. The maximum Gasteiger partial charge on any atom is 0.229 e. The van der Waals surface area contributed by atoms with Crippen LogP contribution in [-0.4, -0.2) is 39.0 Å². The molecule has 0 bridgehead atoms. The summed E-state index contributed by atoms with van der Waals surface area (Å²) in [6.07, 6.45) is 3.21. The van der Waals surface area contributed by atoms with Gasteiger partial charge in [-0.25, -0.2) is 28.8 Å². The van der Waals surface area contributed by atoms with Crippen LogP contribution in [0.2, 0.25) is 0 Å². The first-order valence-electron chi connectivity index (χ1n) is 11.9. The van der Waals surface area contributed by atoms with Crippen LogP contribution in [0.4, 0.5) is 32.1 Å². The fourth-order valence-electron chi connectivity index (χ4n) is 4.09. The number of carbonyl (C=O) groups is 1. The molecule has 0 fully saturated rings. The Labute approximate surface area is 209 Å². The van der Waals surface area contributed by atoms with Gasteiger partial charge in [0.2, 0.25) is 12.4 Å². The molecule has 0 saturated heterocycles. The summed E-state index contributed by atoms with van der Waals surface area (Å²) in [5.74, 6) is 0.0687. The minimum atomic E-state index is -2.02. The third kappa shape index (κ3) is 5.28. The fraction of sp³-hybridized carbons (Fsp3) is 0.385. The van der Waals surface area contributed by atoms with Crippen molar-refractivity contribution in [1.29, 1.82) is 0 Å². The summed E-state index contributed by atoms with van der Waals surface area (Å²) >= 11 is 0. The van der Waals surface area contributed by atoms with E-state index in [9.17, 15) is 13.6 Å². The zero-order chi connectivity index (χ0) is 26.0. The minimum Gasteiger partial charge on any atom is -0.324 e. The summed E-state index contributed by atoms with van der Waals surface area (Å²) in [6.45, 7) is 9.68. The Morgan fingerprint density at radius 2 is 1.94 bits per heavy atom. The highest BCUT2D eigenvalue weighted by molar-refractivity contribution is 5.67. The zero-order valence-electron chi connectivity index (χ0n) is 21.1. The standard InChI is InChI=1S/C26H31F2N7O/c1-16(2)34(15-36)35(22-9-8-21(27)23(32-22)26(4,5)28)24-17(3)13-30-25(33-24)31-20-7-6-19-14-29-11-10-18(19)12-20/h6-9,12-13,15-16,29H,10-11,14H2,1-5H3,(H,30,31,33). The lowest BCUT2D eigenvalue weighted by Crippen LogP contribution is -2.44. The number of pyridine rings is 1. The molecule has 8 nitrogen and oxygen atoms in total. The van der Waals surface area contributed by atoms with E-state index >= 15 is 0 Å². The molecule has 0 saturated carbocycles. The van der Waals surface area contributed by atoms with Gasteiger partial charge in [-0.3, -0.25) is 4.79 Å². The molecule has 1 aromatic carbocycles. The van der Waals surface area contributed by atoms with E-state index in [2.05, 4.69) is 37.7 Å². The van der Waals surface area contributed by atoms with Gasteiger partial charge in [0.15, 0.2) is 11.6 Å². The summed E-state index contributed by atoms with van der Waals surface area (Å²) in [7, 11) is 0. The molecule has 2 N–H and O–H groups in total. The number of anilines is 4. The minimum absolute atomic E-state index is 0.159. The quantitative estimate of drug-likeness (QED) is 0.342. The van der Waals surface area contributed by atoms with Gasteiger partial charge in [-0.15, -0.1) is 0 Å². The monoisotopic (exact) mass is 495 g/mol. The molecule has 1 aliphatic heterocycles. The van der Waals surface area contributed by atoms with Gasteiger partial charge in [0.25, 0.3) is 0 Å². The Morgan fingerprint density at radius 1 is 1.17 bits per heavy atom. The average Bonchev–Trinajstić information content (AvgIpc) is 2.83. The third-order valence-corrected chi connectivity index (χ3v) is 5.97. The average molecular weight is 496 g/mol. The highest BCUT2D eigenvalue weighted by Gasteiger charge is 2.30. The number of hydrogen-bond acceptors (Lipinski definition) is 7. The molecule has 0 unspecified atom stereocenters. The van der Waals surface area contributed by atoms with Crippen LogP contribution in [0.3, 0.4) is 0 Å². The van der Waals surface area contributed by atoms with Crippen molar-refractivity contribution >= 4 is 29.7 Å². The van der Waals surface area contributed by atoms with Gasteiger partial charge in [0, 0.05) is 30.0 Å². The van der Waals surface area contributed by atoms with E-state index in [1.54, 1.807) is 13.1 Å². The van der Waals surface area contributed by atoms with Crippen molar-refractivity contribution in [2.24, 2.45) is 0 Å². The number of nitrogens with zero attached hydrogens (tertiary/aromatic N) is 5. The predicted molar refractivity (Wildman–Crippen MR) is 135 cm³/mol. The number of benzene rings is 1. The SMILES string of the molecule is Cc1cnc(Nc2ccc3c(c2)CCNC3)nc1N(c1ccc(F)c(C(C)(C)F)n1)N(C=O)C(C)C. The number of alkyl halides is 1. The third-order valence-electron chi connectivity index (χ3n) is 5.97. The Kier molecular flexibility index (Phi) is 7.16. The number of aromatic nitrogens is 3. The van der Waals surface area contributed by atoms with Gasteiger partial charge >= 0.3 is 0 Å². The van der Waals surface area contributed by atoms with Crippen LogP contribution in [0.25, 0.3) is 0 Å². The van der Waals surface area contributed by atoms with Crippen molar-refractivity contribution in [2.45, 2.75) is 59.3 Å². The Morgan fingerprint density at radius 3 is 2.64 bits per heavy atom. The molecule has 0 radical (unpaired) electrons. The first kappa shape index (κ1) is 25.4. The number of carbonyl (C=O) groups excluding carboxylic acids is 1. The molecule has 190 valence electrons. The smallest absolute Gasteiger partial charge is 0.229 e. The second-order valence-corrected chi connectivity index (χ2v) is 9.60. The van der Waals surface area contributed by atoms with E-state index in [0.717, 1.165) is 31.3 Å². The first-order chi connectivity index (χ1) is 17.1. The van der Waals surface area contributed by atoms with E-state index in [-0.39, 0.29) is 17.6 Å². The molecule has 0 spiro atoms. The number of rotatable bonds is 8. The number of fused-ring (bicyclic) bond motifs is 1. The van der Waals surface area contributed by atoms with Crippen molar-refractivity contribution in [3.8, 4) is 0 Å². The number of aryl methyl sites for hydroxylation is 1. The van der Waals surface area contributed by atoms with Gasteiger partial charge in [-0.1, -0.05) is 6.07 Å². The second kappa shape index (κ2) is 10.1. The number of hydrazine groups is 1. The zero-order valence-corrected chi connectivity index (χ0v) is 21.1. The van der Waals surface area contributed by atoms with Gasteiger partial charge in [0.05, 0.1) is 0 Å². The fourth-order valence-corrected chi connectivity index (χ4v) is 4.09. The van der Waals surface area contributed by atoms with Crippen LogP contribution in [0, 0.1) is 12.7 Å². The maximum atomic E-state index is 14.7. The highest BCUT2D eigenvalue weighted by Crippen LogP contribution is 2.33. The lowest BCUT2D eigenvalue weighted by molar-refractivity contribution is -0.119. The number of halogens is 2. The summed E-state index contributed by atoms with van der Waals surface area (Å²) in [6, 6.07) is 8.37. The van der Waals surface area contributed by atoms with E-state index in [0.29, 0.717) is 23.7 Å². The predicted octanol–water partition coefficient (Wildman–Crippen LogP) is 4.83. The van der Waals surface area contributed by atoms with E-state index in [1.165, 1.54) is 41.1 Å². The molecule has 3 aromatic rings. The molecule has 2 aromatic heterocycles. The van der Waals surface area contributed by atoms with E-state index in [1.807, 2.05) is 19.9 Å². The normalized spacial score (nSPS) is 13.3. The van der Waals surface area contributed by atoms with Crippen molar-refractivity contribution in [2.75, 3.05) is 16.9 Å². The Hall–Kier alpha value is -3.66. The molecular formula is C26H31F2N7O. The summed E-state index contributed by atoms with van der Waals surface area (Å²) in [5.41, 5.74) is 1.64.